The fourth-order valence-corrected chi connectivity index (χ4v) is 4.93. The number of phenolic OH excluding ortho intramolecular Hbond substituents is 1. The van der Waals surface area contributed by atoms with Crippen LogP contribution >= 0.6 is 0 Å². The van der Waals surface area contributed by atoms with E-state index < -0.39 is 0 Å². The number of phenols is 1. The summed E-state index contributed by atoms with van der Waals surface area (Å²) in [6.45, 7) is 0. The van der Waals surface area contributed by atoms with Crippen LogP contribution in [0.1, 0.15) is 0 Å². The third kappa shape index (κ3) is 3.26. The molecule has 6 rings (SSSR count). The van der Waals surface area contributed by atoms with Crippen LogP contribution in [0.15, 0.2) is 127 Å². The Balaban J connectivity index is 1.86. The highest BCUT2D eigenvalue weighted by Gasteiger charge is 2.19. The van der Waals surface area contributed by atoms with Crippen LogP contribution in [0.2, 0.25) is 0 Å². The molecule has 0 aliphatic carbocycles. The van der Waals surface area contributed by atoms with Gasteiger partial charge in [-0.25, -0.2) is 0 Å². The van der Waals surface area contributed by atoms with Gasteiger partial charge in [-0.1, -0.05) is 115 Å². The predicted octanol–water partition coefficient (Wildman–Crippen LogP) is 8.70. The minimum absolute atomic E-state index is 0.276. The second-order valence-corrected chi connectivity index (χ2v) is 8.30. The lowest BCUT2D eigenvalue weighted by Crippen LogP contribution is -1.93. The van der Waals surface area contributed by atoms with E-state index in [1.807, 2.05) is 12.1 Å². The van der Waals surface area contributed by atoms with Crippen molar-refractivity contribution in [3.8, 4) is 39.1 Å². The molecule has 0 saturated heterocycles. The smallest absolute Gasteiger partial charge is 0.115 e. The second-order valence-electron chi connectivity index (χ2n) is 8.30. The van der Waals surface area contributed by atoms with Crippen molar-refractivity contribution < 1.29 is 5.11 Å². The molecule has 0 unspecified atom stereocenters. The van der Waals surface area contributed by atoms with Crippen LogP contribution in [0.25, 0.3) is 54.9 Å². The van der Waals surface area contributed by atoms with E-state index in [2.05, 4.69) is 103 Å². The van der Waals surface area contributed by atoms with Crippen LogP contribution in [0.4, 0.5) is 0 Å². The zero-order valence-corrected chi connectivity index (χ0v) is 18.1. The summed E-state index contributed by atoms with van der Waals surface area (Å²) in [7, 11) is 0. The first kappa shape index (κ1) is 19.3. The highest BCUT2D eigenvalue weighted by Crippen LogP contribution is 2.46. The molecular formula is C32H22O. The van der Waals surface area contributed by atoms with Gasteiger partial charge in [0.1, 0.15) is 5.75 Å². The number of rotatable bonds is 3. The molecule has 6 aromatic carbocycles. The predicted molar refractivity (Wildman–Crippen MR) is 139 cm³/mol. The van der Waals surface area contributed by atoms with Crippen molar-refractivity contribution in [3.05, 3.63) is 127 Å². The SMILES string of the molecule is Oc1ccc(-c2cccc3c(-c4ccccc4)c4ccccc4c(-c4ccccc4)c23)cc1. The number of hydrogen-bond donors (Lipinski definition) is 1. The molecule has 6 aromatic rings. The van der Waals surface area contributed by atoms with Crippen molar-refractivity contribution in [1.82, 2.24) is 0 Å². The minimum atomic E-state index is 0.276. The molecule has 0 amide bonds. The first-order valence-electron chi connectivity index (χ1n) is 11.2. The molecule has 0 aromatic heterocycles. The van der Waals surface area contributed by atoms with Crippen molar-refractivity contribution in [1.29, 1.82) is 0 Å². The first-order valence-corrected chi connectivity index (χ1v) is 11.2. The Morgan fingerprint density at radius 2 is 0.879 bits per heavy atom. The van der Waals surface area contributed by atoms with Crippen molar-refractivity contribution in [2.75, 3.05) is 0 Å². The van der Waals surface area contributed by atoms with E-state index in [0.29, 0.717) is 0 Å². The van der Waals surface area contributed by atoms with Crippen LogP contribution in [0, 0.1) is 0 Å². The van der Waals surface area contributed by atoms with E-state index >= 15 is 0 Å². The Kier molecular flexibility index (Phi) is 4.66. The summed E-state index contributed by atoms with van der Waals surface area (Å²) in [5, 5.41) is 14.8. The van der Waals surface area contributed by atoms with E-state index in [4.69, 9.17) is 0 Å². The molecule has 0 heterocycles. The van der Waals surface area contributed by atoms with Crippen LogP contribution in [0.3, 0.4) is 0 Å². The lowest BCUT2D eigenvalue weighted by atomic mass is 9.83. The van der Waals surface area contributed by atoms with Gasteiger partial charge in [-0.2, -0.15) is 0 Å². The van der Waals surface area contributed by atoms with Crippen molar-refractivity contribution in [2.45, 2.75) is 0 Å². The van der Waals surface area contributed by atoms with E-state index in [9.17, 15) is 5.11 Å². The first-order chi connectivity index (χ1) is 16.3. The molecule has 0 aliphatic rings. The van der Waals surface area contributed by atoms with Gasteiger partial charge in [0.05, 0.1) is 0 Å². The standard InChI is InChI=1S/C32H22O/c33-25-20-18-22(19-21-25)26-16-9-17-29-30(23-10-3-1-4-11-23)27-14-7-8-15-28(27)31(32(26)29)24-12-5-2-6-13-24/h1-21,33H. The average Bonchev–Trinajstić information content (AvgIpc) is 2.88. The average molecular weight is 423 g/mol. The summed E-state index contributed by atoms with van der Waals surface area (Å²) < 4.78 is 0. The Morgan fingerprint density at radius 3 is 1.52 bits per heavy atom. The molecule has 0 bridgehead atoms. The third-order valence-electron chi connectivity index (χ3n) is 6.35. The van der Waals surface area contributed by atoms with Crippen LogP contribution in [-0.4, -0.2) is 5.11 Å². The fraction of sp³-hybridized carbons (Fsp3) is 0. The fourth-order valence-electron chi connectivity index (χ4n) is 4.93. The zero-order valence-electron chi connectivity index (χ0n) is 18.1. The van der Waals surface area contributed by atoms with Crippen LogP contribution < -0.4 is 0 Å². The maximum absolute atomic E-state index is 9.88. The number of aromatic hydroxyl groups is 1. The summed E-state index contributed by atoms with van der Waals surface area (Å²) in [4.78, 5) is 0. The number of fused-ring (bicyclic) bond motifs is 2. The van der Waals surface area contributed by atoms with E-state index in [-0.39, 0.29) is 5.75 Å². The second kappa shape index (κ2) is 7.96. The Bertz CT molecular complexity index is 1580. The molecule has 33 heavy (non-hydrogen) atoms. The maximum atomic E-state index is 9.88. The van der Waals surface area contributed by atoms with Gasteiger partial charge in [0.2, 0.25) is 0 Å². The van der Waals surface area contributed by atoms with E-state index in [0.717, 1.165) is 11.1 Å². The van der Waals surface area contributed by atoms with E-state index in [1.54, 1.807) is 12.1 Å². The number of hydrogen-bond acceptors (Lipinski definition) is 1. The highest BCUT2D eigenvalue weighted by molar-refractivity contribution is 6.24. The molecule has 0 spiro atoms. The molecule has 156 valence electrons. The topological polar surface area (TPSA) is 20.2 Å². The molecule has 0 saturated carbocycles. The maximum Gasteiger partial charge on any atom is 0.115 e. The summed E-state index contributed by atoms with van der Waals surface area (Å²) >= 11 is 0. The molecule has 1 N–H and O–H groups in total. The Labute approximate surface area is 193 Å². The quantitative estimate of drug-likeness (QED) is 0.283. The third-order valence-corrected chi connectivity index (χ3v) is 6.35. The lowest BCUT2D eigenvalue weighted by Gasteiger charge is -2.20. The molecule has 0 fully saturated rings. The molecular weight excluding hydrogens is 400 g/mol. The zero-order chi connectivity index (χ0) is 22.2. The monoisotopic (exact) mass is 422 g/mol. The highest BCUT2D eigenvalue weighted by atomic mass is 16.3. The van der Waals surface area contributed by atoms with E-state index in [1.165, 1.54) is 43.8 Å². The molecule has 0 atom stereocenters. The normalized spacial score (nSPS) is 11.2. The van der Waals surface area contributed by atoms with Gasteiger partial charge in [-0.3, -0.25) is 0 Å². The summed E-state index contributed by atoms with van der Waals surface area (Å²) in [6.07, 6.45) is 0. The summed E-state index contributed by atoms with van der Waals surface area (Å²) in [5.41, 5.74) is 7.15. The molecule has 1 heteroatoms. The molecule has 1 nitrogen and oxygen atoms in total. The van der Waals surface area contributed by atoms with Gasteiger partial charge in [-0.05, 0) is 67.1 Å². The van der Waals surface area contributed by atoms with Crippen LogP contribution in [0.5, 0.6) is 5.75 Å². The van der Waals surface area contributed by atoms with Crippen molar-refractivity contribution in [3.63, 3.8) is 0 Å². The van der Waals surface area contributed by atoms with Gasteiger partial charge in [-0.15, -0.1) is 0 Å². The Hall–Kier alpha value is -4.36. The molecule has 0 aliphatic heterocycles. The van der Waals surface area contributed by atoms with Crippen molar-refractivity contribution >= 4 is 21.5 Å². The van der Waals surface area contributed by atoms with Crippen molar-refractivity contribution in [2.24, 2.45) is 0 Å². The lowest BCUT2D eigenvalue weighted by molar-refractivity contribution is 0.475. The van der Waals surface area contributed by atoms with Gasteiger partial charge in [0.15, 0.2) is 0 Å². The largest absolute Gasteiger partial charge is 0.508 e. The van der Waals surface area contributed by atoms with Crippen LogP contribution in [-0.2, 0) is 0 Å². The molecule has 0 radical (unpaired) electrons. The van der Waals surface area contributed by atoms with Gasteiger partial charge in [0, 0.05) is 0 Å². The Morgan fingerprint density at radius 1 is 0.364 bits per heavy atom. The summed E-state index contributed by atoms with van der Waals surface area (Å²) in [5.74, 6) is 0.276. The minimum Gasteiger partial charge on any atom is -0.508 e. The number of benzene rings is 6. The van der Waals surface area contributed by atoms with Gasteiger partial charge >= 0.3 is 0 Å². The summed E-state index contributed by atoms with van der Waals surface area (Å²) in [6, 6.07) is 44.1. The van der Waals surface area contributed by atoms with Gasteiger partial charge in [0.25, 0.3) is 0 Å². The van der Waals surface area contributed by atoms with Gasteiger partial charge < -0.3 is 5.11 Å².